The van der Waals surface area contributed by atoms with E-state index in [1.807, 2.05) is 21.1 Å². The Morgan fingerprint density at radius 2 is 0.684 bits per heavy atom. The van der Waals surface area contributed by atoms with Gasteiger partial charge < -0.3 is 18.9 Å². The molecule has 2 atom stereocenters. The number of ether oxygens (including phenoxy) is 2. The lowest BCUT2D eigenvalue weighted by atomic mass is 10.0. The molecule has 0 spiro atoms. The van der Waals surface area contributed by atoms with Crippen molar-refractivity contribution in [1.82, 2.24) is 0 Å². The van der Waals surface area contributed by atoms with Crippen LogP contribution in [0.25, 0.3) is 0 Å². The molecule has 0 aliphatic rings. The van der Waals surface area contributed by atoms with Gasteiger partial charge in [-0.05, 0) is 51.4 Å². The summed E-state index contributed by atoms with van der Waals surface area (Å²) in [4.78, 5) is 35.8. The first-order chi connectivity index (χ1) is 38.5. The van der Waals surface area contributed by atoms with Gasteiger partial charge in [-0.2, -0.15) is 0 Å². The SMILES string of the molecule is CCCCCCC/C=C\C/C=C\C/C=C\CCCCCCCCCCCCCCCCC(=O)OC(COC(=O)CCCCCCCCCCCCCCCCCCCCCCCCCCCC)COP(=O)(O)OCC[N+](C)(C)C. The fourth-order valence-electron chi connectivity index (χ4n) is 10.1. The van der Waals surface area contributed by atoms with Gasteiger partial charge >= 0.3 is 19.8 Å². The molecule has 0 rings (SSSR count). The first kappa shape index (κ1) is 77.2. The Hall–Kier alpha value is -1.77. The Labute approximate surface area is 491 Å². The van der Waals surface area contributed by atoms with E-state index in [0.29, 0.717) is 23.9 Å². The lowest BCUT2D eigenvalue weighted by molar-refractivity contribution is -0.870. The molecular formula is C69H133NO8P+. The average Bonchev–Trinajstić information content (AvgIpc) is 3.41. The van der Waals surface area contributed by atoms with Crippen molar-refractivity contribution in [2.75, 3.05) is 47.5 Å². The first-order valence-corrected chi connectivity index (χ1v) is 35.7. The Kier molecular flexibility index (Phi) is 59.4. The molecule has 9 nitrogen and oxygen atoms in total. The number of likely N-dealkylation sites (N-methyl/N-ethyl adjacent to an activating group) is 1. The second-order valence-corrected chi connectivity index (χ2v) is 26.0. The highest BCUT2D eigenvalue weighted by Crippen LogP contribution is 2.43. The van der Waals surface area contributed by atoms with Crippen molar-refractivity contribution in [1.29, 1.82) is 0 Å². The van der Waals surface area contributed by atoms with Crippen molar-refractivity contribution < 1.29 is 42.1 Å². The van der Waals surface area contributed by atoms with Gasteiger partial charge in [0.1, 0.15) is 19.8 Å². The van der Waals surface area contributed by atoms with Crippen LogP contribution in [-0.2, 0) is 32.7 Å². The predicted octanol–water partition coefficient (Wildman–Crippen LogP) is 21.9. The number of phosphoric ester groups is 1. The van der Waals surface area contributed by atoms with Crippen LogP contribution in [0, 0.1) is 0 Å². The van der Waals surface area contributed by atoms with Crippen LogP contribution in [0.4, 0.5) is 0 Å². The Morgan fingerprint density at radius 1 is 0.392 bits per heavy atom. The van der Waals surface area contributed by atoms with Crippen LogP contribution in [0.3, 0.4) is 0 Å². The second kappa shape index (κ2) is 60.8. The van der Waals surface area contributed by atoms with E-state index in [4.69, 9.17) is 18.5 Å². The third-order valence-corrected chi connectivity index (χ3v) is 16.4. The molecule has 10 heteroatoms. The lowest BCUT2D eigenvalue weighted by Crippen LogP contribution is -2.37. The third-order valence-electron chi connectivity index (χ3n) is 15.4. The largest absolute Gasteiger partial charge is 0.472 e. The maximum atomic E-state index is 12.9. The molecule has 0 radical (unpaired) electrons. The molecule has 0 aromatic carbocycles. The average molecular weight is 1140 g/mol. The zero-order valence-corrected chi connectivity index (χ0v) is 54.0. The van der Waals surface area contributed by atoms with Crippen molar-refractivity contribution in [2.24, 2.45) is 0 Å². The summed E-state index contributed by atoms with van der Waals surface area (Å²) >= 11 is 0. The summed E-state index contributed by atoms with van der Waals surface area (Å²) in [5.41, 5.74) is 0. The number of rotatable bonds is 64. The van der Waals surface area contributed by atoms with Crippen LogP contribution >= 0.6 is 7.82 Å². The van der Waals surface area contributed by atoms with E-state index in [9.17, 15) is 19.0 Å². The van der Waals surface area contributed by atoms with Crippen molar-refractivity contribution in [3.63, 3.8) is 0 Å². The summed E-state index contributed by atoms with van der Waals surface area (Å²) < 4.78 is 34.7. The minimum absolute atomic E-state index is 0.0339. The van der Waals surface area contributed by atoms with Crippen molar-refractivity contribution in [3.8, 4) is 0 Å². The van der Waals surface area contributed by atoms with Gasteiger partial charge in [-0.3, -0.25) is 18.6 Å². The quantitative estimate of drug-likeness (QED) is 0.0211. The van der Waals surface area contributed by atoms with Gasteiger partial charge in [0.15, 0.2) is 6.10 Å². The molecule has 0 fully saturated rings. The molecule has 0 heterocycles. The molecule has 0 aliphatic carbocycles. The van der Waals surface area contributed by atoms with Gasteiger partial charge in [0.05, 0.1) is 27.7 Å². The predicted molar refractivity (Wildman–Crippen MR) is 340 cm³/mol. The van der Waals surface area contributed by atoms with Gasteiger partial charge in [0.2, 0.25) is 0 Å². The number of quaternary nitrogens is 1. The van der Waals surface area contributed by atoms with Crippen molar-refractivity contribution in [2.45, 2.75) is 347 Å². The third kappa shape index (κ3) is 65.3. The number of unbranched alkanes of at least 4 members (excludes halogenated alkanes) is 44. The summed E-state index contributed by atoms with van der Waals surface area (Å²) in [6.07, 6.45) is 76.7. The number of hydrogen-bond acceptors (Lipinski definition) is 7. The Balaban J connectivity index is 4.03. The highest BCUT2D eigenvalue weighted by molar-refractivity contribution is 7.47. The van der Waals surface area contributed by atoms with Gasteiger partial charge in [-0.25, -0.2) is 4.57 Å². The number of hydrogen-bond donors (Lipinski definition) is 1. The molecular weight excluding hydrogens is 1000 g/mol. The second-order valence-electron chi connectivity index (χ2n) is 24.6. The summed E-state index contributed by atoms with van der Waals surface area (Å²) in [5.74, 6) is -0.778. The van der Waals surface area contributed by atoms with Crippen LogP contribution in [0.5, 0.6) is 0 Å². The van der Waals surface area contributed by atoms with Gasteiger partial charge in [-0.15, -0.1) is 0 Å². The maximum absolute atomic E-state index is 12.9. The molecule has 2 unspecified atom stereocenters. The Morgan fingerprint density at radius 3 is 1.01 bits per heavy atom. The molecule has 0 aromatic heterocycles. The first-order valence-electron chi connectivity index (χ1n) is 34.2. The van der Waals surface area contributed by atoms with E-state index in [2.05, 4.69) is 50.3 Å². The number of phosphoric acid groups is 1. The molecule has 0 saturated heterocycles. The van der Waals surface area contributed by atoms with Crippen LogP contribution in [0.1, 0.15) is 341 Å². The van der Waals surface area contributed by atoms with E-state index in [1.165, 1.54) is 263 Å². The minimum Gasteiger partial charge on any atom is -0.462 e. The lowest BCUT2D eigenvalue weighted by Gasteiger charge is -2.24. The van der Waals surface area contributed by atoms with Gasteiger partial charge in [0.25, 0.3) is 0 Å². The zero-order valence-electron chi connectivity index (χ0n) is 53.1. The molecule has 466 valence electrons. The number of nitrogens with zero attached hydrogens (tertiary/aromatic N) is 1. The van der Waals surface area contributed by atoms with Crippen molar-refractivity contribution in [3.05, 3.63) is 36.5 Å². The molecule has 0 bridgehead atoms. The van der Waals surface area contributed by atoms with Gasteiger partial charge in [-0.1, -0.05) is 314 Å². The summed E-state index contributed by atoms with van der Waals surface area (Å²) in [7, 11) is 1.49. The topological polar surface area (TPSA) is 108 Å². The summed E-state index contributed by atoms with van der Waals surface area (Å²) in [6.45, 7) is 4.49. The molecule has 1 N–H and O–H groups in total. The van der Waals surface area contributed by atoms with Gasteiger partial charge in [0, 0.05) is 12.8 Å². The number of allylic oxidation sites excluding steroid dienone is 6. The fourth-order valence-corrected chi connectivity index (χ4v) is 10.9. The fraction of sp³-hybridized carbons (Fsp3) is 0.884. The van der Waals surface area contributed by atoms with Crippen LogP contribution in [0.15, 0.2) is 36.5 Å². The van der Waals surface area contributed by atoms with E-state index in [1.54, 1.807) is 0 Å². The van der Waals surface area contributed by atoms with Crippen LogP contribution in [-0.4, -0.2) is 74.9 Å². The number of esters is 2. The standard InChI is InChI=1S/C69H132NO8P/c1-6-8-10-12-14-16-18-20-22-24-26-28-30-32-34-35-36-38-40-42-44-46-48-50-52-54-56-58-60-62-69(72)78-67(66-77-79(73,74)76-64-63-70(3,4)5)65-75-68(71)61-59-57-55-53-51-49-47-45-43-41-39-37-33-31-29-27-25-23-21-19-17-15-13-11-9-7-2/h18,20,24,26,30,32,67H,6-17,19,21-23,25,27-29,31,33-66H2,1-5H3/p+1/b20-18-,26-24-,32-30-. The van der Waals surface area contributed by atoms with Crippen LogP contribution in [0.2, 0.25) is 0 Å². The monoisotopic (exact) mass is 1130 g/mol. The normalized spacial score (nSPS) is 13.3. The molecule has 79 heavy (non-hydrogen) atoms. The smallest absolute Gasteiger partial charge is 0.462 e. The highest BCUT2D eigenvalue weighted by atomic mass is 31.2. The maximum Gasteiger partial charge on any atom is 0.472 e. The molecule has 0 saturated carbocycles. The number of carbonyl (C=O) groups is 2. The summed E-state index contributed by atoms with van der Waals surface area (Å²) in [6, 6.07) is 0. The van der Waals surface area contributed by atoms with E-state index < -0.39 is 26.5 Å². The molecule has 0 aromatic rings. The van der Waals surface area contributed by atoms with E-state index >= 15 is 0 Å². The van der Waals surface area contributed by atoms with Crippen LogP contribution < -0.4 is 0 Å². The van der Waals surface area contributed by atoms with E-state index in [0.717, 1.165) is 44.9 Å². The number of carbonyl (C=O) groups excluding carboxylic acids is 2. The Bertz CT molecular complexity index is 1430. The van der Waals surface area contributed by atoms with Crippen molar-refractivity contribution >= 4 is 19.8 Å². The summed E-state index contributed by atoms with van der Waals surface area (Å²) in [5, 5.41) is 0. The highest BCUT2D eigenvalue weighted by Gasteiger charge is 2.27. The zero-order chi connectivity index (χ0) is 57.7. The molecule has 0 amide bonds. The molecule has 0 aliphatic heterocycles. The minimum atomic E-state index is -4.39. The van der Waals surface area contributed by atoms with E-state index in [-0.39, 0.29) is 25.6 Å².